The largest absolute Gasteiger partial charge is 0.382 e. The highest BCUT2D eigenvalue weighted by atomic mass is 16.5. The molecule has 1 aromatic carbocycles. The molecule has 122 valence electrons. The molecule has 0 fully saturated rings. The van der Waals surface area contributed by atoms with Crippen LogP contribution in [0.2, 0.25) is 0 Å². The number of aliphatic imine (C=N–C) groups is 1. The van der Waals surface area contributed by atoms with E-state index in [0.29, 0.717) is 12.1 Å². The van der Waals surface area contributed by atoms with Crippen molar-refractivity contribution in [1.82, 2.24) is 10.6 Å². The van der Waals surface area contributed by atoms with E-state index >= 15 is 0 Å². The molecule has 0 aliphatic rings. The number of guanidine groups is 1. The number of hydrogen-bond acceptors (Lipinski definition) is 3. The van der Waals surface area contributed by atoms with E-state index < -0.39 is 5.91 Å². The molecule has 0 unspecified atom stereocenters. The molecule has 6 heteroatoms. The Kier molecular flexibility index (Phi) is 8.67. The minimum Gasteiger partial charge on any atom is -0.382 e. The zero-order chi connectivity index (χ0) is 16.2. The predicted molar refractivity (Wildman–Crippen MR) is 88.9 cm³/mol. The smallest absolute Gasteiger partial charge is 0.248 e. The number of benzene rings is 1. The second-order valence-electron chi connectivity index (χ2n) is 4.82. The normalized spacial score (nSPS) is 11.3. The van der Waals surface area contributed by atoms with Gasteiger partial charge in [0.2, 0.25) is 5.91 Å². The standard InChI is InChI=1S/C16H26N4O2/c1-3-22-11-5-4-10-19-16(18-2)20-12-13-6-8-14(9-7-13)15(17)21/h6-9H,3-5,10-12H2,1-2H3,(H2,17,21)(H2,18,19,20). The van der Waals surface area contributed by atoms with E-state index in [4.69, 9.17) is 10.5 Å². The lowest BCUT2D eigenvalue weighted by molar-refractivity contribution is 0.100. The molecule has 6 nitrogen and oxygen atoms in total. The third kappa shape index (κ3) is 7.08. The molecule has 1 amide bonds. The lowest BCUT2D eigenvalue weighted by Gasteiger charge is -2.12. The summed E-state index contributed by atoms with van der Waals surface area (Å²) in [7, 11) is 1.74. The Balaban J connectivity index is 2.27. The zero-order valence-corrected chi connectivity index (χ0v) is 13.4. The first-order valence-corrected chi connectivity index (χ1v) is 7.58. The van der Waals surface area contributed by atoms with Gasteiger partial charge in [0.25, 0.3) is 0 Å². The van der Waals surface area contributed by atoms with E-state index in [1.165, 1.54) is 0 Å². The fourth-order valence-electron chi connectivity index (χ4n) is 1.87. The second-order valence-corrected chi connectivity index (χ2v) is 4.82. The summed E-state index contributed by atoms with van der Waals surface area (Å²) in [6.07, 6.45) is 2.07. The van der Waals surface area contributed by atoms with Crippen molar-refractivity contribution in [1.29, 1.82) is 0 Å². The molecular weight excluding hydrogens is 280 g/mol. The van der Waals surface area contributed by atoms with Crippen LogP contribution in [0.25, 0.3) is 0 Å². The van der Waals surface area contributed by atoms with Gasteiger partial charge in [-0.25, -0.2) is 0 Å². The summed E-state index contributed by atoms with van der Waals surface area (Å²) in [5, 5.41) is 6.48. The van der Waals surface area contributed by atoms with Crippen LogP contribution in [0.15, 0.2) is 29.3 Å². The summed E-state index contributed by atoms with van der Waals surface area (Å²) < 4.78 is 5.29. The maximum absolute atomic E-state index is 11.0. The van der Waals surface area contributed by atoms with E-state index in [2.05, 4.69) is 15.6 Å². The highest BCUT2D eigenvalue weighted by Crippen LogP contribution is 2.03. The molecule has 0 spiro atoms. The molecular formula is C16H26N4O2. The van der Waals surface area contributed by atoms with E-state index in [-0.39, 0.29) is 0 Å². The summed E-state index contributed by atoms with van der Waals surface area (Å²) in [6, 6.07) is 7.21. The van der Waals surface area contributed by atoms with Gasteiger partial charge in [0, 0.05) is 38.9 Å². The highest BCUT2D eigenvalue weighted by molar-refractivity contribution is 5.92. The molecule has 4 N–H and O–H groups in total. The van der Waals surface area contributed by atoms with Crippen LogP contribution in [-0.2, 0) is 11.3 Å². The average Bonchev–Trinajstić information content (AvgIpc) is 2.54. The summed E-state index contributed by atoms with van der Waals surface area (Å²) in [6.45, 7) is 5.06. The zero-order valence-electron chi connectivity index (χ0n) is 13.4. The quantitative estimate of drug-likeness (QED) is 0.364. The van der Waals surface area contributed by atoms with Crippen molar-refractivity contribution in [2.24, 2.45) is 10.7 Å². The average molecular weight is 306 g/mol. The lowest BCUT2D eigenvalue weighted by Crippen LogP contribution is -2.37. The lowest BCUT2D eigenvalue weighted by atomic mass is 10.1. The first kappa shape index (κ1) is 18.0. The maximum atomic E-state index is 11.0. The molecule has 1 rings (SSSR count). The van der Waals surface area contributed by atoms with Gasteiger partial charge in [-0.05, 0) is 37.5 Å². The van der Waals surface area contributed by atoms with Gasteiger partial charge in [-0.2, -0.15) is 0 Å². The van der Waals surface area contributed by atoms with Crippen molar-refractivity contribution in [3.05, 3.63) is 35.4 Å². The van der Waals surface area contributed by atoms with Crippen molar-refractivity contribution in [3.8, 4) is 0 Å². The molecule has 1 aromatic rings. The van der Waals surface area contributed by atoms with Crippen LogP contribution in [0, 0.1) is 0 Å². The van der Waals surface area contributed by atoms with Crippen molar-refractivity contribution < 1.29 is 9.53 Å². The fraction of sp³-hybridized carbons (Fsp3) is 0.500. The van der Waals surface area contributed by atoms with E-state index in [9.17, 15) is 4.79 Å². The van der Waals surface area contributed by atoms with Gasteiger partial charge in [0.05, 0.1) is 0 Å². The van der Waals surface area contributed by atoms with Crippen LogP contribution in [0.4, 0.5) is 0 Å². The van der Waals surface area contributed by atoms with Crippen LogP contribution in [0.1, 0.15) is 35.7 Å². The van der Waals surface area contributed by atoms with Crippen LogP contribution >= 0.6 is 0 Å². The first-order valence-electron chi connectivity index (χ1n) is 7.58. The molecule has 0 bridgehead atoms. The molecule has 0 aliphatic heterocycles. The summed E-state index contributed by atoms with van der Waals surface area (Å²) in [5.41, 5.74) is 6.79. The van der Waals surface area contributed by atoms with Crippen molar-refractivity contribution in [3.63, 3.8) is 0 Å². The summed E-state index contributed by atoms with van der Waals surface area (Å²) >= 11 is 0. The molecule has 0 heterocycles. The number of nitrogens with two attached hydrogens (primary N) is 1. The number of carbonyl (C=O) groups excluding carboxylic acids is 1. The second kappa shape index (κ2) is 10.6. The first-order chi connectivity index (χ1) is 10.7. The number of hydrogen-bond donors (Lipinski definition) is 3. The number of primary amides is 1. The number of carbonyl (C=O) groups is 1. The molecule has 0 atom stereocenters. The number of ether oxygens (including phenoxy) is 1. The van der Waals surface area contributed by atoms with E-state index in [0.717, 1.165) is 44.1 Å². The molecule has 22 heavy (non-hydrogen) atoms. The minimum absolute atomic E-state index is 0.413. The Morgan fingerprint density at radius 3 is 2.55 bits per heavy atom. The topological polar surface area (TPSA) is 88.7 Å². The van der Waals surface area contributed by atoms with Gasteiger partial charge in [-0.3, -0.25) is 9.79 Å². The van der Waals surface area contributed by atoms with E-state index in [1.54, 1.807) is 19.2 Å². The summed E-state index contributed by atoms with van der Waals surface area (Å²) in [4.78, 5) is 15.2. The summed E-state index contributed by atoms with van der Waals surface area (Å²) in [5.74, 6) is 0.347. The predicted octanol–water partition coefficient (Wildman–Crippen LogP) is 1.27. The van der Waals surface area contributed by atoms with Crippen LogP contribution in [0.5, 0.6) is 0 Å². The number of rotatable bonds is 9. The van der Waals surface area contributed by atoms with Crippen LogP contribution in [-0.4, -0.2) is 38.7 Å². The monoisotopic (exact) mass is 306 g/mol. The maximum Gasteiger partial charge on any atom is 0.248 e. The molecule has 0 saturated heterocycles. The number of nitrogens with zero attached hydrogens (tertiary/aromatic N) is 1. The molecule has 0 radical (unpaired) electrons. The number of nitrogens with one attached hydrogen (secondary N) is 2. The van der Waals surface area contributed by atoms with Gasteiger partial charge >= 0.3 is 0 Å². The Bertz CT molecular complexity index is 472. The van der Waals surface area contributed by atoms with Crippen molar-refractivity contribution in [2.45, 2.75) is 26.3 Å². The van der Waals surface area contributed by atoms with Crippen LogP contribution < -0.4 is 16.4 Å². The van der Waals surface area contributed by atoms with Gasteiger partial charge in [0.1, 0.15) is 0 Å². The third-order valence-corrected chi connectivity index (χ3v) is 3.13. The highest BCUT2D eigenvalue weighted by Gasteiger charge is 2.01. The SMILES string of the molecule is CCOCCCCNC(=NC)NCc1ccc(C(N)=O)cc1. The van der Waals surface area contributed by atoms with Crippen molar-refractivity contribution in [2.75, 3.05) is 26.8 Å². The molecule has 0 saturated carbocycles. The van der Waals surface area contributed by atoms with Crippen molar-refractivity contribution >= 4 is 11.9 Å². The van der Waals surface area contributed by atoms with Gasteiger partial charge in [-0.1, -0.05) is 12.1 Å². The number of amides is 1. The Labute approximate surface area is 132 Å². The third-order valence-electron chi connectivity index (χ3n) is 3.13. The number of unbranched alkanes of at least 4 members (excludes halogenated alkanes) is 1. The minimum atomic E-state index is -0.413. The van der Waals surface area contributed by atoms with Crippen LogP contribution in [0.3, 0.4) is 0 Å². The Hall–Kier alpha value is -2.08. The van der Waals surface area contributed by atoms with E-state index in [1.807, 2.05) is 19.1 Å². The fourth-order valence-corrected chi connectivity index (χ4v) is 1.87. The molecule has 0 aliphatic carbocycles. The Morgan fingerprint density at radius 1 is 1.23 bits per heavy atom. The van der Waals surface area contributed by atoms with Gasteiger partial charge < -0.3 is 21.1 Å². The van der Waals surface area contributed by atoms with Gasteiger partial charge in [-0.15, -0.1) is 0 Å². The molecule has 0 aromatic heterocycles. The van der Waals surface area contributed by atoms with Gasteiger partial charge in [0.15, 0.2) is 5.96 Å². The Morgan fingerprint density at radius 2 is 1.95 bits per heavy atom.